The van der Waals surface area contributed by atoms with Gasteiger partial charge in [0, 0.05) is 0 Å². The zero-order valence-electron chi connectivity index (χ0n) is 20.5. The first-order valence-electron chi connectivity index (χ1n) is 12.9. The quantitative estimate of drug-likeness (QED) is 0.175. The van der Waals surface area contributed by atoms with E-state index < -0.39 is 0 Å². The number of rotatable bonds is 3. The van der Waals surface area contributed by atoms with Gasteiger partial charge < -0.3 is 0 Å². The number of fused-ring (bicyclic) bond motifs is 6. The molecule has 178 valence electrons. The summed E-state index contributed by atoms with van der Waals surface area (Å²) in [7, 11) is 0. The third-order valence-electron chi connectivity index (χ3n) is 7.53. The summed E-state index contributed by atoms with van der Waals surface area (Å²) in [5.41, 5.74) is 8.02. The Morgan fingerprint density at radius 3 is 1.03 bits per heavy atom. The molecule has 2 heterocycles. The first-order valence-corrected chi connectivity index (χ1v) is 16.3. The van der Waals surface area contributed by atoms with E-state index >= 15 is 0 Å². The van der Waals surface area contributed by atoms with Crippen LogP contribution in [0.4, 0.5) is 0 Å². The van der Waals surface area contributed by atoms with Crippen molar-refractivity contribution in [1.82, 2.24) is 0 Å². The van der Waals surface area contributed by atoms with Crippen LogP contribution in [0, 0.1) is 0 Å². The Balaban J connectivity index is 1.39. The summed E-state index contributed by atoms with van der Waals surface area (Å²) in [5, 5.41) is 5.62. The predicted octanol–water partition coefficient (Wildman–Crippen LogP) is 9.41. The Hall–Kier alpha value is -3.64. The zero-order valence-corrected chi connectivity index (χ0v) is 23.9. The molecule has 0 radical (unpaired) electrons. The van der Waals surface area contributed by atoms with Gasteiger partial charge in [-0.1, -0.05) is 0 Å². The van der Waals surface area contributed by atoms with Gasteiger partial charge in [-0.25, -0.2) is 0 Å². The molecule has 0 unspecified atom stereocenters. The monoisotopic (exact) mass is 614 g/mol. The van der Waals surface area contributed by atoms with E-state index in [2.05, 4.69) is 133 Å². The Kier molecular flexibility index (Phi) is 5.28. The van der Waals surface area contributed by atoms with Gasteiger partial charge in [-0.05, 0) is 0 Å². The van der Waals surface area contributed by atoms with Gasteiger partial charge >= 0.3 is 234 Å². The third kappa shape index (κ3) is 3.43. The topological polar surface area (TPSA) is 0 Å². The molecule has 0 aliphatic carbocycles. The van der Waals surface area contributed by atoms with E-state index in [0.717, 1.165) is 0 Å². The van der Waals surface area contributed by atoms with Gasteiger partial charge in [0.25, 0.3) is 0 Å². The van der Waals surface area contributed by atoms with Crippen molar-refractivity contribution in [2.75, 3.05) is 0 Å². The van der Waals surface area contributed by atoms with Crippen LogP contribution in [-0.2, 0) is 0 Å². The van der Waals surface area contributed by atoms with E-state index in [1.54, 1.807) is 0 Å². The van der Waals surface area contributed by atoms with Crippen LogP contribution in [0.5, 0.6) is 0 Å². The minimum absolute atomic E-state index is 0.309. The molecule has 0 saturated carbocycles. The van der Waals surface area contributed by atoms with Gasteiger partial charge in [-0.2, -0.15) is 0 Å². The Labute approximate surface area is 233 Å². The fourth-order valence-corrected chi connectivity index (χ4v) is 11.0. The maximum absolute atomic E-state index is 2.33. The molecule has 0 amide bonds. The summed E-state index contributed by atoms with van der Waals surface area (Å²) >= 11 is 0.618. The molecule has 8 rings (SSSR count). The van der Waals surface area contributed by atoms with E-state index in [1.165, 1.54) is 72.0 Å². The fraction of sp³-hybridized carbons (Fsp3) is 0. The molecule has 6 aromatic carbocycles. The van der Waals surface area contributed by atoms with Crippen molar-refractivity contribution in [3.8, 4) is 33.4 Å². The molecule has 0 saturated heterocycles. The fourth-order valence-electron chi connectivity index (χ4n) is 5.82. The standard InChI is InChI=1S/C36H22Se2/c1-3-13-25(29-17-9-19-31-27-15-5-7-21-33(27)37-35(29)31)23(11-1)24-12-2-4-14-26(24)30-18-10-20-32-28-16-6-8-22-34(28)38-36(30)32/h1-22H. The molecule has 0 N–H and O–H groups in total. The van der Waals surface area contributed by atoms with Gasteiger partial charge in [0.15, 0.2) is 0 Å². The molecule has 2 heteroatoms. The molecule has 8 aromatic rings. The average Bonchev–Trinajstić information content (AvgIpc) is 3.56. The molecule has 38 heavy (non-hydrogen) atoms. The molecular weight excluding hydrogens is 590 g/mol. The van der Waals surface area contributed by atoms with Crippen molar-refractivity contribution in [2.24, 2.45) is 0 Å². The summed E-state index contributed by atoms with van der Waals surface area (Å²) < 4.78 is 5.99. The van der Waals surface area contributed by atoms with Crippen molar-refractivity contribution in [3.05, 3.63) is 133 Å². The zero-order chi connectivity index (χ0) is 25.1. The van der Waals surface area contributed by atoms with Gasteiger partial charge in [0.2, 0.25) is 0 Å². The second-order valence-corrected chi connectivity index (χ2v) is 14.1. The van der Waals surface area contributed by atoms with Crippen LogP contribution in [0.2, 0.25) is 0 Å². The van der Waals surface area contributed by atoms with Gasteiger partial charge in [-0.3, -0.25) is 0 Å². The Morgan fingerprint density at radius 1 is 0.263 bits per heavy atom. The summed E-state index contributed by atoms with van der Waals surface area (Å²) in [5.74, 6) is 0. The summed E-state index contributed by atoms with van der Waals surface area (Å²) in [4.78, 5) is 0. The number of hydrogen-bond donors (Lipinski definition) is 0. The van der Waals surface area contributed by atoms with Gasteiger partial charge in [-0.15, -0.1) is 0 Å². The summed E-state index contributed by atoms with van der Waals surface area (Å²) in [6, 6.07) is 49.6. The van der Waals surface area contributed by atoms with E-state index in [-0.39, 0.29) is 0 Å². The van der Waals surface area contributed by atoms with Crippen molar-refractivity contribution in [1.29, 1.82) is 0 Å². The van der Waals surface area contributed by atoms with Crippen molar-refractivity contribution in [2.45, 2.75) is 0 Å². The van der Waals surface area contributed by atoms with Crippen LogP contribution in [0.1, 0.15) is 0 Å². The molecule has 0 aliphatic heterocycles. The first kappa shape index (κ1) is 22.4. The van der Waals surface area contributed by atoms with Crippen LogP contribution in [-0.4, -0.2) is 29.0 Å². The number of benzene rings is 6. The molecule has 0 nitrogen and oxygen atoms in total. The van der Waals surface area contributed by atoms with E-state index in [0.29, 0.717) is 29.0 Å². The predicted molar refractivity (Wildman–Crippen MR) is 167 cm³/mol. The first-order chi connectivity index (χ1) is 18.9. The van der Waals surface area contributed by atoms with Gasteiger partial charge in [0.05, 0.1) is 0 Å². The van der Waals surface area contributed by atoms with Crippen LogP contribution >= 0.6 is 0 Å². The van der Waals surface area contributed by atoms with Crippen LogP contribution in [0.3, 0.4) is 0 Å². The average molecular weight is 612 g/mol. The van der Waals surface area contributed by atoms with Crippen molar-refractivity contribution >= 4 is 67.6 Å². The minimum atomic E-state index is 0.309. The van der Waals surface area contributed by atoms with E-state index in [1.807, 2.05) is 0 Å². The Bertz CT molecular complexity index is 1990. The van der Waals surface area contributed by atoms with Crippen molar-refractivity contribution in [3.63, 3.8) is 0 Å². The maximum atomic E-state index is 2.33. The van der Waals surface area contributed by atoms with Crippen molar-refractivity contribution < 1.29 is 0 Å². The second kappa shape index (κ2) is 8.98. The SMILES string of the molecule is c1ccc(-c2cccc3c2[se]c2ccccc23)c(-c2ccccc2-c2cccc3c2[se]c2ccccc23)c1. The Morgan fingerprint density at radius 2 is 0.579 bits per heavy atom. The third-order valence-corrected chi connectivity index (χ3v) is 12.7. The van der Waals surface area contributed by atoms with Crippen LogP contribution in [0.25, 0.3) is 72.0 Å². The van der Waals surface area contributed by atoms with E-state index in [4.69, 9.17) is 0 Å². The normalized spacial score (nSPS) is 11.7. The summed E-state index contributed by atoms with van der Waals surface area (Å²) in [6.45, 7) is 0. The molecule has 0 fully saturated rings. The molecular formula is C36H22Se2. The van der Waals surface area contributed by atoms with E-state index in [9.17, 15) is 0 Å². The van der Waals surface area contributed by atoms with Crippen LogP contribution < -0.4 is 0 Å². The molecule has 0 aliphatic rings. The summed E-state index contributed by atoms with van der Waals surface area (Å²) in [6.07, 6.45) is 0. The van der Waals surface area contributed by atoms with Gasteiger partial charge in [0.1, 0.15) is 0 Å². The molecule has 0 spiro atoms. The van der Waals surface area contributed by atoms with Crippen LogP contribution in [0.15, 0.2) is 133 Å². The molecule has 0 bridgehead atoms. The molecule has 2 aromatic heterocycles. The molecule has 0 atom stereocenters. The second-order valence-electron chi connectivity index (χ2n) is 9.65. The number of hydrogen-bond acceptors (Lipinski definition) is 0.